The van der Waals surface area contributed by atoms with E-state index in [0.29, 0.717) is 5.56 Å². The minimum absolute atomic E-state index is 0.524. The first-order chi connectivity index (χ1) is 10.7. The molecule has 0 saturated carbocycles. The SMILES string of the molecule is Cc1ccc(C(O)O)c(-c2ccccc2)c1-c1ccccc1. The molecule has 0 aliphatic rings. The molecular formula is C20H18O2. The van der Waals surface area contributed by atoms with E-state index in [-0.39, 0.29) is 0 Å². The molecule has 2 heteroatoms. The first-order valence-electron chi connectivity index (χ1n) is 7.29. The predicted octanol–water partition coefficient (Wildman–Crippen LogP) is 4.31. The fourth-order valence-corrected chi connectivity index (χ4v) is 2.83. The second-order valence-electron chi connectivity index (χ2n) is 5.33. The maximum atomic E-state index is 9.78. The smallest absolute Gasteiger partial charge is 0.179 e. The van der Waals surface area contributed by atoms with E-state index in [1.807, 2.05) is 73.7 Å². The van der Waals surface area contributed by atoms with Crippen LogP contribution in [0.4, 0.5) is 0 Å². The van der Waals surface area contributed by atoms with Crippen LogP contribution in [0.15, 0.2) is 72.8 Å². The van der Waals surface area contributed by atoms with Crippen molar-refractivity contribution in [3.8, 4) is 22.3 Å². The van der Waals surface area contributed by atoms with Crippen molar-refractivity contribution in [3.05, 3.63) is 83.9 Å². The number of aliphatic hydroxyl groups is 2. The van der Waals surface area contributed by atoms with Crippen LogP contribution >= 0.6 is 0 Å². The van der Waals surface area contributed by atoms with Crippen molar-refractivity contribution in [2.24, 2.45) is 0 Å². The van der Waals surface area contributed by atoms with Crippen molar-refractivity contribution in [3.63, 3.8) is 0 Å². The number of rotatable bonds is 3. The van der Waals surface area contributed by atoms with Gasteiger partial charge in [-0.25, -0.2) is 0 Å². The standard InChI is InChI=1S/C20H18O2/c1-14-12-13-17(20(21)22)19(16-10-6-3-7-11-16)18(14)15-8-4-2-5-9-15/h2-13,20-22H,1H3. The third kappa shape index (κ3) is 2.67. The van der Waals surface area contributed by atoms with Crippen LogP contribution < -0.4 is 0 Å². The Kier molecular flexibility index (Phi) is 4.05. The van der Waals surface area contributed by atoms with Crippen LogP contribution in [0.25, 0.3) is 22.3 Å². The minimum atomic E-state index is -1.50. The van der Waals surface area contributed by atoms with Gasteiger partial charge in [0, 0.05) is 5.56 Å². The largest absolute Gasteiger partial charge is 0.364 e. The van der Waals surface area contributed by atoms with Gasteiger partial charge in [-0.1, -0.05) is 72.8 Å². The van der Waals surface area contributed by atoms with E-state index in [9.17, 15) is 10.2 Å². The highest BCUT2D eigenvalue weighted by atomic mass is 16.5. The molecule has 0 heterocycles. The average molecular weight is 290 g/mol. The molecule has 0 radical (unpaired) electrons. The molecule has 110 valence electrons. The van der Waals surface area contributed by atoms with E-state index in [4.69, 9.17) is 0 Å². The molecule has 0 aliphatic heterocycles. The van der Waals surface area contributed by atoms with Gasteiger partial charge in [-0.15, -0.1) is 0 Å². The zero-order chi connectivity index (χ0) is 15.5. The molecule has 0 aromatic heterocycles. The van der Waals surface area contributed by atoms with Crippen molar-refractivity contribution < 1.29 is 10.2 Å². The zero-order valence-electron chi connectivity index (χ0n) is 12.4. The number of hydrogen-bond donors (Lipinski definition) is 2. The average Bonchev–Trinajstić information content (AvgIpc) is 2.56. The lowest BCUT2D eigenvalue weighted by atomic mass is 9.87. The number of aryl methyl sites for hydroxylation is 1. The summed E-state index contributed by atoms with van der Waals surface area (Å²) >= 11 is 0. The Morgan fingerprint density at radius 2 is 1.14 bits per heavy atom. The van der Waals surface area contributed by atoms with Crippen LogP contribution in [0.3, 0.4) is 0 Å². The van der Waals surface area contributed by atoms with Crippen LogP contribution in [0.1, 0.15) is 17.4 Å². The van der Waals surface area contributed by atoms with Gasteiger partial charge in [0.1, 0.15) is 0 Å². The van der Waals surface area contributed by atoms with E-state index in [0.717, 1.165) is 27.8 Å². The van der Waals surface area contributed by atoms with Crippen molar-refractivity contribution in [2.45, 2.75) is 13.2 Å². The molecule has 3 aromatic carbocycles. The molecule has 0 spiro atoms. The second-order valence-corrected chi connectivity index (χ2v) is 5.33. The fraction of sp³-hybridized carbons (Fsp3) is 0.100. The van der Waals surface area contributed by atoms with Crippen molar-refractivity contribution in [1.29, 1.82) is 0 Å². The summed E-state index contributed by atoms with van der Waals surface area (Å²) in [7, 11) is 0. The molecule has 0 amide bonds. The Hall–Kier alpha value is -2.42. The minimum Gasteiger partial charge on any atom is -0.364 e. The first kappa shape index (κ1) is 14.5. The fourth-order valence-electron chi connectivity index (χ4n) is 2.83. The summed E-state index contributed by atoms with van der Waals surface area (Å²) in [5.41, 5.74) is 5.60. The van der Waals surface area contributed by atoms with Gasteiger partial charge in [-0.05, 0) is 34.7 Å². The maximum absolute atomic E-state index is 9.78. The zero-order valence-corrected chi connectivity index (χ0v) is 12.4. The van der Waals surface area contributed by atoms with Crippen molar-refractivity contribution >= 4 is 0 Å². The molecule has 0 atom stereocenters. The summed E-state index contributed by atoms with van der Waals surface area (Å²) in [5.74, 6) is 0. The predicted molar refractivity (Wildman–Crippen MR) is 89.2 cm³/mol. The summed E-state index contributed by atoms with van der Waals surface area (Å²) in [6, 6.07) is 23.6. The van der Waals surface area contributed by atoms with Gasteiger partial charge in [0.15, 0.2) is 6.29 Å². The highest BCUT2D eigenvalue weighted by molar-refractivity contribution is 5.87. The lowest BCUT2D eigenvalue weighted by molar-refractivity contribution is -0.0420. The third-order valence-electron chi connectivity index (χ3n) is 3.85. The summed E-state index contributed by atoms with van der Waals surface area (Å²) in [6.07, 6.45) is -1.50. The number of hydrogen-bond acceptors (Lipinski definition) is 2. The number of aliphatic hydroxyl groups excluding tert-OH is 1. The highest BCUT2D eigenvalue weighted by Gasteiger charge is 2.18. The summed E-state index contributed by atoms with van der Waals surface area (Å²) < 4.78 is 0. The molecule has 0 unspecified atom stereocenters. The second kappa shape index (κ2) is 6.14. The Bertz CT molecular complexity index is 762. The topological polar surface area (TPSA) is 40.5 Å². The van der Waals surface area contributed by atoms with Gasteiger partial charge in [-0.2, -0.15) is 0 Å². The lowest BCUT2D eigenvalue weighted by Crippen LogP contribution is -2.01. The van der Waals surface area contributed by atoms with Gasteiger partial charge in [0.25, 0.3) is 0 Å². The van der Waals surface area contributed by atoms with Gasteiger partial charge in [-0.3, -0.25) is 0 Å². The van der Waals surface area contributed by atoms with Gasteiger partial charge < -0.3 is 10.2 Å². The van der Waals surface area contributed by atoms with Gasteiger partial charge in [0.05, 0.1) is 0 Å². The molecule has 22 heavy (non-hydrogen) atoms. The molecule has 0 saturated heterocycles. The summed E-state index contributed by atoms with van der Waals surface area (Å²) in [6.45, 7) is 2.04. The molecule has 0 aliphatic carbocycles. The van der Waals surface area contributed by atoms with E-state index < -0.39 is 6.29 Å². The van der Waals surface area contributed by atoms with E-state index >= 15 is 0 Å². The molecular weight excluding hydrogens is 272 g/mol. The van der Waals surface area contributed by atoms with E-state index in [1.165, 1.54) is 0 Å². The Morgan fingerprint density at radius 1 is 0.636 bits per heavy atom. The molecule has 3 aromatic rings. The summed E-state index contributed by atoms with van der Waals surface area (Å²) in [4.78, 5) is 0. The summed E-state index contributed by atoms with van der Waals surface area (Å²) in [5, 5.41) is 19.6. The quantitative estimate of drug-likeness (QED) is 0.706. The van der Waals surface area contributed by atoms with Crippen LogP contribution in [-0.2, 0) is 0 Å². The monoisotopic (exact) mass is 290 g/mol. The maximum Gasteiger partial charge on any atom is 0.179 e. The molecule has 0 fully saturated rings. The first-order valence-corrected chi connectivity index (χ1v) is 7.29. The van der Waals surface area contributed by atoms with Crippen LogP contribution in [0, 0.1) is 6.92 Å². The third-order valence-corrected chi connectivity index (χ3v) is 3.85. The van der Waals surface area contributed by atoms with Crippen LogP contribution in [-0.4, -0.2) is 10.2 Å². The Balaban J connectivity index is 2.36. The normalized spacial score (nSPS) is 10.9. The molecule has 2 nitrogen and oxygen atoms in total. The molecule has 0 bridgehead atoms. The van der Waals surface area contributed by atoms with Crippen molar-refractivity contribution in [2.75, 3.05) is 0 Å². The van der Waals surface area contributed by atoms with Crippen molar-refractivity contribution in [1.82, 2.24) is 0 Å². The van der Waals surface area contributed by atoms with Crippen LogP contribution in [0.2, 0.25) is 0 Å². The van der Waals surface area contributed by atoms with Gasteiger partial charge in [0.2, 0.25) is 0 Å². The Morgan fingerprint density at radius 3 is 1.64 bits per heavy atom. The van der Waals surface area contributed by atoms with Crippen LogP contribution in [0.5, 0.6) is 0 Å². The molecule has 3 rings (SSSR count). The molecule has 2 N–H and O–H groups in total. The highest BCUT2D eigenvalue weighted by Crippen LogP contribution is 2.39. The number of benzene rings is 3. The van der Waals surface area contributed by atoms with E-state index in [2.05, 4.69) is 0 Å². The van der Waals surface area contributed by atoms with Gasteiger partial charge >= 0.3 is 0 Å². The Labute approximate surface area is 130 Å². The lowest BCUT2D eigenvalue weighted by Gasteiger charge is -2.19. The van der Waals surface area contributed by atoms with E-state index in [1.54, 1.807) is 6.07 Å².